The molecular weight excluding hydrogens is 278 g/mol. The molecule has 5 heteroatoms. The van der Waals surface area contributed by atoms with Crippen molar-refractivity contribution in [3.05, 3.63) is 52.1 Å². The predicted molar refractivity (Wildman–Crippen MR) is 83.9 cm³/mol. The molecule has 2 aromatic rings. The smallest absolute Gasteiger partial charge is 0.328 e. The largest absolute Gasteiger partial charge is 0.493 e. The van der Waals surface area contributed by atoms with Gasteiger partial charge in [0, 0.05) is 19.1 Å². The van der Waals surface area contributed by atoms with Crippen LogP contribution in [-0.4, -0.2) is 32.6 Å². The number of nitrogens with one attached hydrogen (secondary N) is 1. The Bertz CT molecular complexity index is 734. The van der Waals surface area contributed by atoms with E-state index in [0.717, 1.165) is 32.4 Å². The number of imidazole rings is 1. The van der Waals surface area contributed by atoms with Crippen molar-refractivity contribution in [2.45, 2.75) is 31.8 Å². The molecule has 0 spiro atoms. The molecule has 116 valence electrons. The molecular formula is C17H21N3O2. The van der Waals surface area contributed by atoms with E-state index in [4.69, 9.17) is 0 Å². The molecule has 2 aliphatic heterocycles. The molecule has 2 unspecified atom stereocenters. The van der Waals surface area contributed by atoms with Gasteiger partial charge in [-0.05, 0) is 42.9 Å². The van der Waals surface area contributed by atoms with E-state index >= 15 is 0 Å². The third kappa shape index (κ3) is 2.25. The van der Waals surface area contributed by atoms with E-state index in [1.807, 2.05) is 0 Å². The molecule has 0 radical (unpaired) electrons. The third-order valence-corrected chi connectivity index (χ3v) is 5.19. The maximum Gasteiger partial charge on any atom is 0.328 e. The lowest BCUT2D eigenvalue weighted by Crippen LogP contribution is -2.42. The van der Waals surface area contributed by atoms with E-state index in [0.29, 0.717) is 18.5 Å². The fourth-order valence-electron chi connectivity index (χ4n) is 4.02. The fourth-order valence-corrected chi connectivity index (χ4v) is 4.02. The van der Waals surface area contributed by atoms with E-state index in [9.17, 15) is 9.90 Å². The van der Waals surface area contributed by atoms with Crippen LogP contribution in [0.15, 0.2) is 35.3 Å². The lowest BCUT2D eigenvalue weighted by atomic mass is 9.82. The van der Waals surface area contributed by atoms with Crippen molar-refractivity contribution >= 4 is 0 Å². The predicted octanol–water partition coefficient (Wildman–Crippen LogP) is 1.89. The van der Waals surface area contributed by atoms with Crippen molar-refractivity contribution in [2.24, 2.45) is 5.92 Å². The highest BCUT2D eigenvalue weighted by atomic mass is 16.3. The monoisotopic (exact) mass is 299 g/mol. The van der Waals surface area contributed by atoms with Crippen LogP contribution in [0, 0.1) is 5.92 Å². The van der Waals surface area contributed by atoms with Crippen LogP contribution in [0.3, 0.4) is 0 Å². The Hall–Kier alpha value is -2.01. The first-order valence-electron chi connectivity index (χ1n) is 8.01. The Balaban J connectivity index is 1.57. The molecule has 0 saturated carbocycles. The number of hydrogen-bond acceptors (Lipinski definition) is 3. The summed E-state index contributed by atoms with van der Waals surface area (Å²) < 4.78 is 1.45. The van der Waals surface area contributed by atoms with Crippen molar-refractivity contribution < 1.29 is 5.11 Å². The van der Waals surface area contributed by atoms with Crippen molar-refractivity contribution in [1.82, 2.24) is 14.5 Å². The number of aromatic amines is 1. The van der Waals surface area contributed by atoms with Gasteiger partial charge in [-0.25, -0.2) is 4.79 Å². The van der Waals surface area contributed by atoms with Gasteiger partial charge in [-0.1, -0.05) is 24.3 Å². The quantitative estimate of drug-likeness (QED) is 0.890. The highest BCUT2D eigenvalue weighted by molar-refractivity contribution is 5.33. The maximum atomic E-state index is 11.7. The van der Waals surface area contributed by atoms with Crippen LogP contribution in [0.5, 0.6) is 5.88 Å². The second-order valence-electron chi connectivity index (χ2n) is 6.45. The molecule has 2 atom stereocenters. The average molecular weight is 299 g/mol. The molecule has 5 nitrogen and oxygen atoms in total. The van der Waals surface area contributed by atoms with E-state index in [2.05, 4.69) is 34.1 Å². The summed E-state index contributed by atoms with van der Waals surface area (Å²) in [6.45, 7) is 2.80. The lowest BCUT2D eigenvalue weighted by Gasteiger charge is -2.43. The van der Waals surface area contributed by atoms with Gasteiger partial charge in [0.05, 0.1) is 6.20 Å². The highest BCUT2D eigenvalue weighted by Gasteiger charge is 2.33. The Kier molecular flexibility index (Phi) is 3.30. The molecule has 1 saturated heterocycles. The summed E-state index contributed by atoms with van der Waals surface area (Å²) >= 11 is 0. The van der Waals surface area contributed by atoms with Crippen molar-refractivity contribution in [3.63, 3.8) is 0 Å². The molecule has 0 aliphatic carbocycles. The van der Waals surface area contributed by atoms with E-state index in [1.54, 1.807) is 0 Å². The van der Waals surface area contributed by atoms with Crippen molar-refractivity contribution in [2.75, 3.05) is 13.1 Å². The molecule has 1 fully saturated rings. The first kappa shape index (κ1) is 13.6. The zero-order valence-electron chi connectivity index (χ0n) is 12.5. The molecule has 4 rings (SSSR count). The van der Waals surface area contributed by atoms with Gasteiger partial charge in [-0.15, -0.1) is 0 Å². The van der Waals surface area contributed by atoms with Crippen LogP contribution in [0.2, 0.25) is 0 Å². The molecule has 0 amide bonds. The highest BCUT2D eigenvalue weighted by Crippen LogP contribution is 2.39. The molecule has 0 bridgehead atoms. The van der Waals surface area contributed by atoms with Crippen LogP contribution >= 0.6 is 0 Å². The average Bonchev–Trinajstić information content (AvgIpc) is 2.87. The van der Waals surface area contributed by atoms with Crippen LogP contribution < -0.4 is 5.69 Å². The Morgan fingerprint density at radius 2 is 2.14 bits per heavy atom. The fraction of sp³-hybridized carbons (Fsp3) is 0.471. The molecule has 2 N–H and O–H groups in total. The number of benzene rings is 1. The number of fused-ring (bicyclic) bond motifs is 3. The molecule has 3 heterocycles. The van der Waals surface area contributed by atoms with Crippen LogP contribution in [0.1, 0.15) is 30.0 Å². The molecule has 1 aromatic carbocycles. The van der Waals surface area contributed by atoms with Gasteiger partial charge < -0.3 is 10.1 Å². The van der Waals surface area contributed by atoms with E-state index < -0.39 is 0 Å². The third-order valence-electron chi connectivity index (χ3n) is 5.19. The van der Waals surface area contributed by atoms with Gasteiger partial charge in [0.2, 0.25) is 5.88 Å². The Morgan fingerprint density at radius 1 is 1.27 bits per heavy atom. The van der Waals surface area contributed by atoms with Gasteiger partial charge in [0.1, 0.15) is 0 Å². The van der Waals surface area contributed by atoms with E-state index in [-0.39, 0.29) is 11.6 Å². The SMILES string of the molecule is O=c1[nH]cc(O)n1CC1CCN2CCc3ccccc3C2C1. The van der Waals surface area contributed by atoms with Gasteiger partial charge >= 0.3 is 5.69 Å². The first-order chi connectivity index (χ1) is 10.7. The zero-order chi connectivity index (χ0) is 15.1. The lowest BCUT2D eigenvalue weighted by molar-refractivity contribution is 0.0947. The minimum atomic E-state index is -0.219. The summed E-state index contributed by atoms with van der Waals surface area (Å²) in [5.41, 5.74) is 2.69. The number of nitrogens with zero attached hydrogens (tertiary/aromatic N) is 2. The van der Waals surface area contributed by atoms with Gasteiger partial charge in [-0.2, -0.15) is 0 Å². The van der Waals surface area contributed by atoms with Crippen LogP contribution in [0.25, 0.3) is 0 Å². The zero-order valence-corrected chi connectivity index (χ0v) is 12.5. The van der Waals surface area contributed by atoms with Gasteiger partial charge in [-0.3, -0.25) is 9.47 Å². The number of H-pyrrole nitrogens is 1. The van der Waals surface area contributed by atoms with Crippen LogP contribution in [-0.2, 0) is 13.0 Å². The van der Waals surface area contributed by atoms with E-state index in [1.165, 1.54) is 21.9 Å². The summed E-state index contributed by atoms with van der Waals surface area (Å²) in [4.78, 5) is 16.8. The summed E-state index contributed by atoms with van der Waals surface area (Å²) in [6, 6.07) is 9.17. The maximum absolute atomic E-state index is 11.7. The van der Waals surface area contributed by atoms with Crippen molar-refractivity contribution in [3.8, 4) is 5.88 Å². The van der Waals surface area contributed by atoms with Crippen LogP contribution in [0.4, 0.5) is 0 Å². The molecule has 1 aromatic heterocycles. The number of aromatic nitrogens is 2. The summed E-state index contributed by atoms with van der Waals surface area (Å²) in [6.07, 6.45) is 4.63. The van der Waals surface area contributed by atoms with Crippen molar-refractivity contribution in [1.29, 1.82) is 0 Å². The summed E-state index contributed by atoms with van der Waals surface area (Å²) in [5, 5.41) is 9.77. The minimum absolute atomic E-state index is 0.0384. The second kappa shape index (κ2) is 5.32. The molecule has 22 heavy (non-hydrogen) atoms. The first-order valence-corrected chi connectivity index (χ1v) is 8.01. The van der Waals surface area contributed by atoms with Gasteiger partial charge in [0.15, 0.2) is 0 Å². The Labute approximate surface area is 129 Å². The normalized spacial score (nSPS) is 24.7. The number of aromatic hydroxyl groups is 1. The minimum Gasteiger partial charge on any atom is -0.493 e. The number of rotatable bonds is 2. The van der Waals surface area contributed by atoms with Gasteiger partial charge in [0.25, 0.3) is 0 Å². The summed E-state index contributed by atoms with van der Waals surface area (Å²) in [7, 11) is 0. The standard InChI is InChI=1S/C17H21N3O2/c21-16-10-18-17(22)20(16)11-12-5-7-19-8-6-13-3-1-2-4-14(13)15(19)9-12/h1-4,10,12,15,21H,5-9,11H2,(H,18,22). The second-order valence-corrected chi connectivity index (χ2v) is 6.45. The number of hydrogen-bond donors (Lipinski definition) is 2. The summed E-state index contributed by atoms with van der Waals surface area (Å²) in [5.74, 6) is 0.461. The number of piperidine rings is 1. The molecule has 2 aliphatic rings. The Morgan fingerprint density at radius 3 is 2.95 bits per heavy atom. The topological polar surface area (TPSA) is 61.3 Å².